The topological polar surface area (TPSA) is 47.0 Å². The van der Waals surface area contributed by atoms with Gasteiger partial charge in [-0.15, -0.1) is 0 Å². The highest BCUT2D eigenvalue weighted by Gasteiger charge is 2.07. The summed E-state index contributed by atoms with van der Waals surface area (Å²) in [5, 5.41) is 0. The summed E-state index contributed by atoms with van der Waals surface area (Å²) >= 11 is 0. The van der Waals surface area contributed by atoms with Crippen molar-refractivity contribution in [2.75, 3.05) is 7.11 Å². The summed E-state index contributed by atoms with van der Waals surface area (Å²) in [6.45, 7) is 0. The van der Waals surface area contributed by atoms with Crippen LogP contribution in [-0.4, -0.2) is 16.7 Å². The molecule has 0 spiro atoms. The zero-order valence-corrected chi connectivity index (χ0v) is 8.03. The van der Waals surface area contributed by atoms with E-state index in [4.69, 9.17) is 4.74 Å². The second-order valence-electron chi connectivity index (χ2n) is 2.95. The van der Waals surface area contributed by atoms with Crippen molar-refractivity contribution in [1.82, 2.24) is 9.55 Å². The molecule has 0 atom stereocenters. The molecule has 0 unspecified atom stereocenters. The lowest BCUT2D eigenvalue weighted by Gasteiger charge is -2.07. The van der Waals surface area contributed by atoms with E-state index in [0.29, 0.717) is 11.4 Å². The molecular formula is C10H9FN2O2. The highest BCUT2D eigenvalue weighted by molar-refractivity contribution is 5.46. The number of nitrogens with zero attached hydrogens (tertiary/aromatic N) is 1. The van der Waals surface area contributed by atoms with Gasteiger partial charge in [-0.3, -0.25) is 4.57 Å². The Labute approximate surface area is 84.9 Å². The number of aromatic nitrogens is 2. The van der Waals surface area contributed by atoms with Gasteiger partial charge in [0.05, 0.1) is 12.8 Å². The lowest BCUT2D eigenvalue weighted by Crippen LogP contribution is -2.14. The molecule has 0 fully saturated rings. The maximum atomic E-state index is 12.9. The van der Waals surface area contributed by atoms with Crippen molar-refractivity contribution in [2.45, 2.75) is 0 Å². The number of nitrogens with one attached hydrogen (secondary N) is 1. The standard InChI is InChI=1S/C10H9FN2O2/c1-15-9-6-7(11)2-3-8(9)13-5-4-12-10(13)14/h2-6H,1H3,(H,12,14). The van der Waals surface area contributed by atoms with Gasteiger partial charge in [-0.05, 0) is 12.1 Å². The third kappa shape index (κ3) is 1.63. The maximum Gasteiger partial charge on any atom is 0.330 e. The predicted molar refractivity (Wildman–Crippen MR) is 52.9 cm³/mol. The molecule has 1 aromatic carbocycles. The highest BCUT2D eigenvalue weighted by atomic mass is 19.1. The molecule has 2 rings (SSSR count). The van der Waals surface area contributed by atoms with Crippen LogP contribution in [0, 0.1) is 5.82 Å². The number of halogens is 1. The minimum atomic E-state index is -0.404. The lowest BCUT2D eigenvalue weighted by atomic mass is 10.3. The van der Waals surface area contributed by atoms with E-state index < -0.39 is 5.82 Å². The van der Waals surface area contributed by atoms with E-state index in [1.165, 1.54) is 36.1 Å². The van der Waals surface area contributed by atoms with Crippen molar-refractivity contribution in [3.8, 4) is 11.4 Å². The lowest BCUT2D eigenvalue weighted by molar-refractivity contribution is 0.409. The van der Waals surface area contributed by atoms with Crippen molar-refractivity contribution in [3.63, 3.8) is 0 Å². The Morgan fingerprint density at radius 3 is 2.87 bits per heavy atom. The number of hydrogen-bond acceptors (Lipinski definition) is 2. The van der Waals surface area contributed by atoms with Gasteiger partial charge < -0.3 is 9.72 Å². The molecule has 0 saturated heterocycles. The number of ether oxygens (including phenoxy) is 1. The van der Waals surface area contributed by atoms with Crippen LogP contribution in [0.3, 0.4) is 0 Å². The van der Waals surface area contributed by atoms with E-state index >= 15 is 0 Å². The molecule has 0 bridgehead atoms. The summed E-state index contributed by atoms with van der Waals surface area (Å²) in [7, 11) is 1.43. The maximum absolute atomic E-state index is 12.9. The Balaban J connectivity index is 2.63. The molecule has 15 heavy (non-hydrogen) atoms. The summed E-state index contributed by atoms with van der Waals surface area (Å²) in [5.74, 6) is -0.0871. The summed E-state index contributed by atoms with van der Waals surface area (Å²) in [6, 6.07) is 4.00. The quantitative estimate of drug-likeness (QED) is 0.808. The average molecular weight is 208 g/mol. The fourth-order valence-corrected chi connectivity index (χ4v) is 1.36. The first-order valence-corrected chi connectivity index (χ1v) is 4.32. The van der Waals surface area contributed by atoms with Crippen molar-refractivity contribution < 1.29 is 9.13 Å². The van der Waals surface area contributed by atoms with E-state index in [0.717, 1.165) is 0 Å². The first-order valence-electron chi connectivity index (χ1n) is 4.32. The first kappa shape index (κ1) is 9.51. The fourth-order valence-electron chi connectivity index (χ4n) is 1.36. The molecule has 0 amide bonds. The van der Waals surface area contributed by atoms with Crippen LogP contribution in [0.4, 0.5) is 4.39 Å². The number of rotatable bonds is 2. The molecule has 0 aliphatic rings. The summed E-state index contributed by atoms with van der Waals surface area (Å²) in [6.07, 6.45) is 3.06. The minimum absolute atomic E-state index is 0.292. The van der Waals surface area contributed by atoms with Gasteiger partial charge in [0.25, 0.3) is 0 Å². The first-order chi connectivity index (χ1) is 7.22. The Kier molecular flexibility index (Phi) is 2.29. The Bertz CT molecular complexity index is 530. The van der Waals surface area contributed by atoms with Crippen LogP contribution in [0.25, 0.3) is 5.69 Å². The zero-order chi connectivity index (χ0) is 10.8. The van der Waals surface area contributed by atoms with Gasteiger partial charge in [0, 0.05) is 18.5 Å². The summed E-state index contributed by atoms with van der Waals surface area (Å²) in [5.41, 5.74) is 0.213. The Hall–Kier alpha value is -2.04. The number of H-pyrrole nitrogens is 1. The van der Waals surface area contributed by atoms with Crippen LogP contribution in [0.5, 0.6) is 5.75 Å². The van der Waals surface area contributed by atoms with Crippen molar-refractivity contribution in [1.29, 1.82) is 0 Å². The molecule has 0 radical (unpaired) electrons. The van der Waals surface area contributed by atoms with Crippen LogP contribution in [0.2, 0.25) is 0 Å². The molecular weight excluding hydrogens is 199 g/mol. The normalized spacial score (nSPS) is 10.3. The van der Waals surface area contributed by atoms with Crippen LogP contribution in [0.1, 0.15) is 0 Å². The molecule has 1 N–H and O–H groups in total. The molecule has 0 aliphatic carbocycles. The SMILES string of the molecule is COc1cc(F)ccc1-n1cc[nH]c1=O. The van der Waals surface area contributed by atoms with E-state index in [-0.39, 0.29) is 5.69 Å². The zero-order valence-electron chi connectivity index (χ0n) is 8.03. The molecule has 0 saturated carbocycles. The van der Waals surface area contributed by atoms with Gasteiger partial charge >= 0.3 is 5.69 Å². The molecule has 2 aromatic rings. The molecule has 4 nitrogen and oxygen atoms in total. The van der Waals surface area contributed by atoms with Crippen molar-refractivity contribution in [3.05, 3.63) is 46.9 Å². The number of aromatic amines is 1. The van der Waals surface area contributed by atoms with Crippen LogP contribution in [0.15, 0.2) is 35.4 Å². The van der Waals surface area contributed by atoms with Crippen molar-refractivity contribution in [2.24, 2.45) is 0 Å². The third-order valence-electron chi connectivity index (χ3n) is 2.05. The van der Waals surface area contributed by atoms with E-state index in [2.05, 4.69) is 4.98 Å². The smallest absolute Gasteiger partial charge is 0.330 e. The molecule has 1 heterocycles. The van der Waals surface area contributed by atoms with Crippen LogP contribution < -0.4 is 10.4 Å². The minimum Gasteiger partial charge on any atom is -0.494 e. The van der Waals surface area contributed by atoms with E-state index in [9.17, 15) is 9.18 Å². The van der Waals surface area contributed by atoms with Gasteiger partial charge in [-0.1, -0.05) is 0 Å². The summed E-state index contributed by atoms with van der Waals surface area (Å²) in [4.78, 5) is 13.8. The van der Waals surface area contributed by atoms with Gasteiger partial charge in [0.1, 0.15) is 11.6 Å². The summed E-state index contributed by atoms with van der Waals surface area (Å²) < 4.78 is 19.2. The third-order valence-corrected chi connectivity index (χ3v) is 2.05. The van der Waals surface area contributed by atoms with E-state index in [1.807, 2.05) is 0 Å². The number of benzene rings is 1. The average Bonchev–Trinajstić information content (AvgIpc) is 2.64. The van der Waals surface area contributed by atoms with Crippen LogP contribution in [-0.2, 0) is 0 Å². The largest absolute Gasteiger partial charge is 0.494 e. The molecule has 1 aromatic heterocycles. The van der Waals surface area contributed by atoms with Gasteiger partial charge in [-0.2, -0.15) is 0 Å². The van der Waals surface area contributed by atoms with E-state index in [1.54, 1.807) is 6.20 Å². The predicted octanol–water partition coefficient (Wildman–Crippen LogP) is 1.31. The number of methoxy groups -OCH3 is 1. The van der Waals surface area contributed by atoms with Gasteiger partial charge in [0.2, 0.25) is 0 Å². The number of imidazole rings is 1. The molecule has 5 heteroatoms. The van der Waals surface area contributed by atoms with Gasteiger partial charge in [0.15, 0.2) is 0 Å². The monoisotopic (exact) mass is 208 g/mol. The van der Waals surface area contributed by atoms with Crippen LogP contribution >= 0.6 is 0 Å². The second-order valence-corrected chi connectivity index (χ2v) is 2.95. The Morgan fingerprint density at radius 1 is 1.47 bits per heavy atom. The number of hydrogen-bond donors (Lipinski definition) is 1. The van der Waals surface area contributed by atoms with Gasteiger partial charge in [-0.25, -0.2) is 9.18 Å². The Morgan fingerprint density at radius 2 is 2.27 bits per heavy atom. The molecule has 0 aliphatic heterocycles. The fraction of sp³-hybridized carbons (Fsp3) is 0.100. The van der Waals surface area contributed by atoms with Crippen molar-refractivity contribution >= 4 is 0 Å². The molecule has 78 valence electrons. The second kappa shape index (κ2) is 3.61. The highest BCUT2D eigenvalue weighted by Crippen LogP contribution is 2.22.